The Morgan fingerprint density at radius 3 is 2.88 bits per heavy atom. The Morgan fingerprint density at radius 2 is 2.23 bits per heavy atom. The van der Waals surface area contributed by atoms with E-state index in [1.165, 1.54) is 0 Å². The summed E-state index contributed by atoms with van der Waals surface area (Å²) in [6, 6.07) is 1.83. The molecule has 0 bridgehead atoms. The third kappa shape index (κ3) is 3.48. The summed E-state index contributed by atoms with van der Waals surface area (Å²) in [5, 5.41) is 0. The highest BCUT2D eigenvalue weighted by atomic mass is 16.5. The summed E-state index contributed by atoms with van der Waals surface area (Å²) in [4.78, 5) is 24.2. The van der Waals surface area contributed by atoms with Gasteiger partial charge in [-0.1, -0.05) is 6.08 Å². The fraction of sp³-hybridized carbons (Fsp3) is 0.600. The van der Waals surface area contributed by atoms with E-state index in [0.717, 1.165) is 45.0 Å². The molecule has 1 aromatic rings. The number of pyridine rings is 1. The van der Waals surface area contributed by atoms with Crippen LogP contribution in [0.5, 0.6) is 5.75 Å². The van der Waals surface area contributed by atoms with Crippen LogP contribution in [0.3, 0.4) is 0 Å². The number of carbonyl (C=O) groups is 1. The molecule has 0 aromatic carbocycles. The zero-order valence-electron chi connectivity index (χ0n) is 16.4. The quantitative estimate of drug-likeness (QED) is 0.722. The van der Waals surface area contributed by atoms with Crippen molar-refractivity contribution in [2.24, 2.45) is 11.3 Å². The average Bonchev–Trinajstić information content (AvgIpc) is 3.06. The van der Waals surface area contributed by atoms with E-state index < -0.39 is 0 Å². The molecule has 0 spiro atoms. The summed E-state index contributed by atoms with van der Waals surface area (Å²) in [5.41, 5.74) is 1.56. The van der Waals surface area contributed by atoms with Crippen LogP contribution in [0.2, 0.25) is 0 Å². The summed E-state index contributed by atoms with van der Waals surface area (Å²) in [5.74, 6) is 1.09. The van der Waals surface area contributed by atoms with Gasteiger partial charge in [0.2, 0.25) is 0 Å². The zero-order valence-corrected chi connectivity index (χ0v) is 16.4. The minimum atomic E-state index is 0.0511. The maximum Gasteiger partial charge on any atom is 0.257 e. The fourth-order valence-corrected chi connectivity index (χ4v) is 4.67. The molecule has 142 valence electrons. The van der Waals surface area contributed by atoms with Crippen LogP contribution in [0.4, 0.5) is 0 Å². The van der Waals surface area contributed by atoms with Crippen LogP contribution in [-0.2, 0) is 0 Å². The Labute approximate surface area is 156 Å². The number of ether oxygens (including phenoxy) is 1. The van der Waals surface area contributed by atoms with Crippen LogP contribution in [0.15, 0.2) is 24.9 Å². The lowest BCUT2D eigenvalue weighted by molar-refractivity contribution is 0.0747. The average molecular weight is 358 g/mol. The van der Waals surface area contributed by atoms with E-state index in [2.05, 4.69) is 35.5 Å². The van der Waals surface area contributed by atoms with E-state index in [1.54, 1.807) is 13.3 Å². The van der Waals surface area contributed by atoms with Gasteiger partial charge in [-0.25, -0.2) is 0 Å². The van der Waals surface area contributed by atoms with Crippen LogP contribution in [-0.4, -0.2) is 86.1 Å². The normalized spacial score (nSPS) is 25.6. The molecule has 0 N–H and O–H groups in total. The summed E-state index contributed by atoms with van der Waals surface area (Å²) >= 11 is 0. The van der Waals surface area contributed by atoms with Crippen molar-refractivity contribution in [3.63, 3.8) is 0 Å². The Morgan fingerprint density at radius 1 is 1.46 bits per heavy atom. The number of aryl methyl sites for hydroxylation is 1. The third-order valence-corrected chi connectivity index (χ3v) is 5.59. The highest BCUT2D eigenvalue weighted by Crippen LogP contribution is 2.43. The summed E-state index contributed by atoms with van der Waals surface area (Å²) in [7, 11) is 5.81. The van der Waals surface area contributed by atoms with Gasteiger partial charge in [0.05, 0.1) is 18.9 Å². The first-order chi connectivity index (χ1) is 12.4. The van der Waals surface area contributed by atoms with E-state index in [-0.39, 0.29) is 11.3 Å². The van der Waals surface area contributed by atoms with Gasteiger partial charge in [0.15, 0.2) is 0 Å². The number of hydrogen-bond acceptors (Lipinski definition) is 5. The van der Waals surface area contributed by atoms with Crippen molar-refractivity contribution in [1.82, 2.24) is 19.7 Å². The second kappa shape index (κ2) is 7.37. The van der Waals surface area contributed by atoms with Crippen LogP contribution in [0, 0.1) is 18.3 Å². The van der Waals surface area contributed by atoms with Gasteiger partial charge in [-0.05, 0) is 33.0 Å². The van der Waals surface area contributed by atoms with Gasteiger partial charge in [-0.3, -0.25) is 14.7 Å². The van der Waals surface area contributed by atoms with Crippen molar-refractivity contribution in [2.45, 2.75) is 6.92 Å². The summed E-state index contributed by atoms with van der Waals surface area (Å²) in [6.07, 6.45) is 3.61. The molecular formula is C20H30N4O2. The molecule has 2 aliphatic rings. The van der Waals surface area contributed by atoms with Crippen molar-refractivity contribution in [3.05, 3.63) is 36.2 Å². The molecule has 1 amide bonds. The number of methoxy groups -OCH3 is 1. The number of likely N-dealkylation sites (tertiary alicyclic amines) is 2. The Hall–Kier alpha value is -1.92. The smallest absolute Gasteiger partial charge is 0.257 e. The van der Waals surface area contributed by atoms with Crippen LogP contribution in [0.25, 0.3) is 0 Å². The van der Waals surface area contributed by atoms with Crippen LogP contribution in [0.1, 0.15) is 16.1 Å². The van der Waals surface area contributed by atoms with Crippen molar-refractivity contribution in [1.29, 1.82) is 0 Å². The second-order valence-corrected chi connectivity index (χ2v) is 7.99. The highest BCUT2D eigenvalue weighted by Gasteiger charge is 2.53. The van der Waals surface area contributed by atoms with E-state index in [4.69, 9.17) is 4.74 Å². The summed E-state index contributed by atoms with van der Waals surface area (Å²) in [6.45, 7) is 11.3. The molecule has 6 heteroatoms. The lowest BCUT2D eigenvalue weighted by Gasteiger charge is -2.32. The van der Waals surface area contributed by atoms with Gasteiger partial charge in [0.25, 0.3) is 5.91 Å². The topological polar surface area (TPSA) is 48.9 Å². The van der Waals surface area contributed by atoms with Crippen molar-refractivity contribution in [2.75, 3.05) is 60.5 Å². The molecule has 0 radical (unpaired) electrons. The number of aromatic nitrogens is 1. The van der Waals surface area contributed by atoms with Gasteiger partial charge in [-0.2, -0.15) is 0 Å². The molecule has 1 aromatic heterocycles. The standard InChI is InChI=1S/C20H30N4O2/c1-6-7-23-10-16-11-24(14-20(16,13-23)12-22(3)4)19(25)17-8-15(2)21-9-18(17)26-5/h6,8-9,16H,1,7,10-14H2,2-5H3/t16-,20+/m0/s1. The maximum atomic E-state index is 13.2. The zero-order chi connectivity index (χ0) is 18.9. The van der Waals surface area contributed by atoms with Crippen LogP contribution >= 0.6 is 0 Å². The molecule has 0 unspecified atom stereocenters. The molecule has 3 rings (SSSR count). The first-order valence-corrected chi connectivity index (χ1v) is 9.16. The van der Waals surface area contributed by atoms with E-state index in [0.29, 0.717) is 17.2 Å². The van der Waals surface area contributed by atoms with Crippen molar-refractivity contribution in [3.8, 4) is 5.75 Å². The number of hydrogen-bond donors (Lipinski definition) is 0. The first-order valence-electron chi connectivity index (χ1n) is 9.16. The number of fused-ring (bicyclic) bond motifs is 1. The predicted octanol–water partition coefficient (Wildman–Crippen LogP) is 1.52. The minimum Gasteiger partial charge on any atom is -0.494 e. The Kier molecular flexibility index (Phi) is 5.34. The van der Waals surface area contributed by atoms with E-state index >= 15 is 0 Å². The number of rotatable bonds is 6. The Bertz CT molecular complexity index is 690. The molecular weight excluding hydrogens is 328 g/mol. The second-order valence-electron chi connectivity index (χ2n) is 7.99. The number of nitrogens with zero attached hydrogens (tertiary/aromatic N) is 4. The molecule has 2 fully saturated rings. The number of carbonyl (C=O) groups excluding carboxylic acids is 1. The lowest BCUT2D eigenvalue weighted by Crippen LogP contribution is -2.43. The third-order valence-electron chi connectivity index (χ3n) is 5.59. The fourth-order valence-electron chi connectivity index (χ4n) is 4.67. The monoisotopic (exact) mass is 358 g/mol. The van der Waals surface area contributed by atoms with E-state index in [1.807, 2.05) is 24.0 Å². The molecule has 0 aliphatic carbocycles. The minimum absolute atomic E-state index is 0.0511. The predicted molar refractivity (Wildman–Crippen MR) is 103 cm³/mol. The lowest BCUT2D eigenvalue weighted by atomic mass is 9.80. The maximum absolute atomic E-state index is 13.2. The molecule has 2 aliphatic heterocycles. The van der Waals surface area contributed by atoms with Gasteiger partial charge in [0, 0.05) is 50.4 Å². The van der Waals surface area contributed by atoms with Crippen molar-refractivity contribution < 1.29 is 9.53 Å². The van der Waals surface area contributed by atoms with Gasteiger partial charge in [0.1, 0.15) is 5.75 Å². The molecule has 3 heterocycles. The van der Waals surface area contributed by atoms with Gasteiger partial charge < -0.3 is 14.5 Å². The number of amides is 1. The summed E-state index contributed by atoms with van der Waals surface area (Å²) < 4.78 is 5.38. The van der Waals surface area contributed by atoms with Crippen molar-refractivity contribution >= 4 is 5.91 Å². The van der Waals surface area contributed by atoms with Gasteiger partial charge in [-0.15, -0.1) is 6.58 Å². The molecule has 2 atom stereocenters. The van der Waals surface area contributed by atoms with Gasteiger partial charge >= 0.3 is 0 Å². The Balaban J connectivity index is 1.83. The highest BCUT2D eigenvalue weighted by molar-refractivity contribution is 5.97. The SMILES string of the molecule is C=CCN1C[C@H]2CN(C(=O)c3cc(C)ncc3OC)C[C@@]2(CN(C)C)C1. The van der Waals surface area contributed by atoms with Crippen LogP contribution < -0.4 is 4.74 Å². The first kappa shape index (κ1) is 18.9. The molecule has 0 saturated carbocycles. The molecule has 6 nitrogen and oxygen atoms in total. The van der Waals surface area contributed by atoms with E-state index in [9.17, 15) is 4.79 Å². The molecule has 2 saturated heterocycles. The largest absolute Gasteiger partial charge is 0.494 e. The molecule has 26 heavy (non-hydrogen) atoms.